The summed E-state index contributed by atoms with van der Waals surface area (Å²) in [6.07, 6.45) is 0. The zero-order chi connectivity index (χ0) is 15.8. The van der Waals surface area contributed by atoms with E-state index in [-0.39, 0.29) is 19.0 Å². The van der Waals surface area contributed by atoms with Gasteiger partial charge in [-0.3, -0.25) is 0 Å². The minimum atomic E-state index is -0.405. The van der Waals surface area contributed by atoms with Crippen molar-refractivity contribution in [3.8, 4) is 11.8 Å². The van der Waals surface area contributed by atoms with Gasteiger partial charge in [0.15, 0.2) is 0 Å². The number of nitrogens with one attached hydrogen (secondary N) is 2. The predicted octanol–water partition coefficient (Wildman–Crippen LogP) is 2.90. The third-order valence-electron chi connectivity index (χ3n) is 2.70. The fourth-order valence-corrected chi connectivity index (χ4v) is 1.73. The molecule has 0 saturated carbocycles. The Morgan fingerprint density at radius 3 is 2.82 bits per heavy atom. The minimum Gasteiger partial charge on any atom is -0.492 e. The number of hydrogen-bond donors (Lipinski definition) is 2. The Labute approximate surface area is 127 Å². The SMILES string of the molecule is N#Cc1cccc(NC(=O)NCCOc2cccc(F)c2)c1. The maximum Gasteiger partial charge on any atom is 0.319 e. The number of rotatable bonds is 5. The summed E-state index contributed by atoms with van der Waals surface area (Å²) >= 11 is 0. The first-order chi connectivity index (χ1) is 10.7. The largest absolute Gasteiger partial charge is 0.492 e. The zero-order valence-corrected chi connectivity index (χ0v) is 11.7. The van der Waals surface area contributed by atoms with E-state index < -0.39 is 6.03 Å². The number of amides is 2. The van der Waals surface area contributed by atoms with Gasteiger partial charge in [-0.1, -0.05) is 12.1 Å². The van der Waals surface area contributed by atoms with Crippen molar-refractivity contribution in [1.29, 1.82) is 5.26 Å². The van der Waals surface area contributed by atoms with E-state index >= 15 is 0 Å². The minimum absolute atomic E-state index is 0.217. The van der Waals surface area contributed by atoms with Crippen LogP contribution in [0, 0.1) is 17.1 Å². The van der Waals surface area contributed by atoms with Gasteiger partial charge in [-0.15, -0.1) is 0 Å². The zero-order valence-electron chi connectivity index (χ0n) is 11.7. The molecule has 0 fully saturated rings. The third-order valence-corrected chi connectivity index (χ3v) is 2.70. The molecule has 0 aromatic heterocycles. The highest BCUT2D eigenvalue weighted by atomic mass is 19.1. The maximum atomic E-state index is 12.9. The Kier molecular flexibility index (Phi) is 5.32. The second-order valence-corrected chi connectivity index (χ2v) is 4.38. The molecule has 0 radical (unpaired) electrons. The molecular weight excluding hydrogens is 285 g/mol. The van der Waals surface area contributed by atoms with E-state index in [1.54, 1.807) is 36.4 Å². The summed E-state index contributed by atoms with van der Waals surface area (Å²) in [5, 5.41) is 14.0. The van der Waals surface area contributed by atoms with E-state index in [0.29, 0.717) is 17.0 Å². The molecule has 0 aliphatic rings. The Bertz CT molecular complexity index is 698. The lowest BCUT2D eigenvalue weighted by atomic mass is 10.2. The Hall–Kier alpha value is -3.07. The predicted molar refractivity (Wildman–Crippen MR) is 80.1 cm³/mol. The van der Waals surface area contributed by atoms with Crippen LogP contribution in [-0.2, 0) is 0 Å². The fourth-order valence-electron chi connectivity index (χ4n) is 1.73. The summed E-state index contributed by atoms with van der Waals surface area (Å²) in [4.78, 5) is 11.7. The fraction of sp³-hybridized carbons (Fsp3) is 0.125. The van der Waals surface area contributed by atoms with Crippen LogP contribution in [0.25, 0.3) is 0 Å². The summed E-state index contributed by atoms with van der Waals surface area (Å²) in [5.74, 6) is 0.0320. The quantitative estimate of drug-likeness (QED) is 0.834. The molecule has 2 aromatic carbocycles. The first-order valence-electron chi connectivity index (χ1n) is 6.61. The number of halogens is 1. The molecule has 0 unspecified atom stereocenters. The third kappa shape index (κ3) is 4.80. The molecule has 2 N–H and O–H groups in total. The summed E-state index contributed by atoms with van der Waals surface area (Å²) in [6, 6.07) is 14.0. The van der Waals surface area contributed by atoms with Crippen molar-refractivity contribution >= 4 is 11.7 Å². The van der Waals surface area contributed by atoms with E-state index in [0.717, 1.165) is 0 Å². The second kappa shape index (κ2) is 7.64. The number of nitriles is 1. The number of hydrogen-bond acceptors (Lipinski definition) is 3. The molecule has 22 heavy (non-hydrogen) atoms. The van der Waals surface area contributed by atoms with Gasteiger partial charge in [-0.05, 0) is 30.3 Å². The highest BCUT2D eigenvalue weighted by Gasteiger charge is 2.02. The van der Waals surface area contributed by atoms with Crippen molar-refractivity contribution in [3.63, 3.8) is 0 Å². The van der Waals surface area contributed by atoms with Gasteiger partial charge in [-0.25, -0.2) is 9.18 Å². The van der Waals surface area contributed by atoms with Crippen molar-refractivity contribution in [1.82, 2.24) is 5.32 Å². The van der Waals surface area contributed by atoms with Crippen molar-refractivity contribution in [2.24, 2.45) is 0 Å². The lowest BCUT2D eigenvalue weighted by molar-refractivity contribution is 0.247. The highest BCUT2D eigenvalue weighted by Crippen LogP contribution is 2.11. The first-order valence-corrected chi connectivity index (χ1v) is 6.61. The van der Waals surface area contributed by atoms with Crippen LogP contribution in [0.4, 0.5) is 14.9 Å². The Morgan fingerprint density at radius 2 is 2.05 bits per heavy atom. The van der Waals surface area contributed by atoms with Gasteiger partial charge in [0.25, 0.3) is 0 Å². The molecule has 112 valence electrons. The number of anilines is 1. The molecule has 0 atom stereocenters. The maximum absolute atomic E-state index is 12.9. The summed E-state index contributed by atoms with van der Waals surface area (Å²) in [6.45, 7) is 0.482. The number of carbonyl (C=O) groups excluding carboxylic acids is 1. The highest BCUT2D eigenvalue weighted by molar-refractivity contribution is 5.89. The van der Waals surface area contributed by atoms with Crippen LogP contribution >= 0.6 is 0 Å². The molecule has 0 saturated heterocycles. The van der Waals surface area contributed by atoms with E-state index in [1.165, 1.54) is 12.1 Å². The lowest BCUT2D eigenvalue weighted by Gasteiger charge is -2.09. The van der Waals surface area contributed by atoms with Crippen molar-refractivity contribution in [3.05, 3.63) is 59.9 Å². The molecule has 5 nitrogen and oxygen atoms in total. The average molecular weight is 299 g/mol. The van der Waals surface area contributed by atoms with Gasteiger partial charge in [-0.2, -0.15) is 5.26 Å². The van der Waals surface area contributed by atoms with Crippen LogP contribution in [0.15, 0.2) is 48.5 Å². The van der Waals surface area contributed by atoms with E-state index in [2.05, 4.69) is 10.6 Å². The molecule has 0 aliphatic carbocycles. The van der Waals surface area contributed by atoms with Crippen LogP contribution in [0.1, 0.15) is 5.56 Å². The second-order valence-electron chi connectivity index (χ2n) is 4.38. The van der Waals surface area contributed by atoms with Crippen molar-refractivity contribution in [2.45, 2.75) is 0 Å². The summed E-state index contributed by atoms with van der Waals surface area (Å²) in [7, 11) is 0. The molecule has 6 heteroatoms. The average Bonchev–Trinajstić information content (AvgIpc) is 2.52. The molecule has 0 aliphatic heterocycles. The van der Waals surface area contributed by atoms with Gasteiger partial charge in [0.05, 0.1) is 18.2 Å². The monoisotopic (exact) mass is 299 g/mol. The van der Waals surface area contributed by atoms with Gasteiger partial charge in [0.2, 0.25) is 0 Å². The Morgan fingerprint density at radius 1 is 1.23 bits per heavy atom. The van der Waals surface area contributed by atoms with Crippen LogP contribution in [0.3, 0.4) is 0 Å². The molecule has 2 aromatic rings. The molecule has 0 heterocycles. The summed E-state index contributed by atoms with van der Waals surface area (Å²) < 4.78 is 18.2. The van der Waals surface area contributed by atoms with Crippen LogP contribution in [0.5, 0.6) is 5.75 Å². The molecule has 2 rings (SSSR count). The van der Waals surface area contributed by atoms with Crippen molar-refractivity contribution in [2.75, 3.05) is 18.5 Å². The molecule has 2 amide bonds. The van der Waals surface area contributed by atoms with Crippen LogP contribution in [-0.4, -0.2) is 19.2 Å². The van der Waals surface area contributed by atoms with E-state index in [9.17, 15) is 9.18 Å². The number of benzene rings is 2. The number of urea groups is 1. The smallest absolute Gasteiger partial charge is 0.319 e. The topological polar surface area (TPSA) is 74.2 Å². The van der Waals surface area contributed by atoms with Crippen LogP contribution in [0.2, 0.25) is 0 Å². The van der Waals surface area contributed by atoms with Crippen LogP contribution < -0.4 is 15.4 Å². The van der Waals surface area contributed by atoms with Crippen molar-refractivity contribution < 1.29 is 13.9 Å². The van der Waals surface area contributed by atoms with Gasteiger partial charge in [0, 0.05) is 11.8 Å². The van der Waals surface area contributed by atoms with Gasteiger partial charge >= 0.3 is 6.03 Å². The number of ether oxygens (including phenoxy) is 1. The molecule has 0 spiro atoms. The van der Waals surface area contributed by atoms with Gasteiger partial charge in [0.1, 0.15) is 18.2 Å². The molecular formula is C16H14FN3O2. The van der Waals surface area contributed by atoms with E-state index in [1.807, 2.05) is 6.07 Å². The summed E-state index contributed by atoms with van der Waals surface area (Å²) in [5.41, 5.74) is 0.995. The van der Waals surface area contributed by atoms with Gasteiger partial charge < -0.3 is 15.4 Å². The number of carbonyl (C=O) groups is 1. The molecule has 0 bridgehead atoms. The number of nitrogens with zero attached hydrogens (tertiary/aromatic N) is 1. The first kappa shape index (κ1) is 15.3. The standard InChI is InChI=1S/C16H14FN3O2/c17-13-4-2-6-15(10-13)22-8-7-19-16(21)20-14-5-1-3-12(9-14)11-18/h1-6,9-10H,7-8H2,(H2,19,20,21). The van der Waals surface area contributed by atoms with E-state index in [4.69, 9.17) is 10.00 Å². The Balaban J connectivity index is 1.73. The normalized spacial score (nSPS) is 9.64. The lowest BCUT2D eigenvalue weighted by Crippen LogP contribution is -2.32.